The van der Waals surface area contributed by atoms with Gasteiger partial charge in [-0.25, -0.2) is 0 Å². The Kier molecular flexibility index (Phi) is 7.44. The highest BCUT2D eigenvalue weighted by Crippen LogP contribution is 2.19. The minimum Gasteiger partial charge on any atom is -0.497 e. The van der Waals surface area contributed by atoms with Crippen molar-refractivity contribution in [3.63, 3.8) is 0 Å². The van der Waals surface area contributed by atoms with Crippen molar-refractivity contribution in [3.8, 4) is 11.5 Å². The molecule has 3 rings (SSSR count). The zero-order valence-electron chi connectivity index (χ0n) is 16.8. The second kappa shape index (κ2) is 10.7. The molecule has 3 aromatic rings. The Morgan fingerprint density at radius 3 is 2.30 bits per heavy atom. The summed E-state index contributed by atoms with van der Waals surface area (Å²) in [5.41, 5.74) is 2.15. The number of amides is 2. The van der Waals surface area contributed by atoms with Gasteiger partial charge in [-0.15, -0.1) is 0 Å². The Labute approximate surface area is 175 Å². The predicted molar refractivity (Wildman–Crippen MR) is 116 cm³/mol. The molecule has 0 radical (unpaired) electrons. The van der Waals surface area contributed by atoms with E-state index in [2.05, 4.69) is 10.6 Å². The number of carbonyl (C=O) groups excluding carboxylic acids is 2. The Morgan fingerprint density at radius 2 is 1.57 bits per heavy atom. The molecule has 0 spiro atoms. The van der Waals surface area contributed by atoms with Crippen molar-refractivity contribution in [2.75, 3.05) is 25.6 Å². The lowest BCUT2D eigenvalue weighted by Gasteiger charge is -2.12. The van der Waals surface area contributed by atoms with E-state index in [-0.39, 0.29) is 18.4 Å². The number of benzene rings is 3. The third-order valence-electron chi connectivity index (χ3n) is 4.42. The molecule has 0 saturated carbocycles. The summed E-state index contributed by atoms with van der Waals surface area (Å²) in [6, 6.07) is 23.7. The van der Waals surface area contributed by atoms with E-state index in [0.717, 1.165) is 11.3 Å². The Balaban J connectivity index is 1.49. The van der Waals surface area contributed by atoms with Gasteiger partial charge in [-0.3, -0.25) is 9.59 Å². The van der Waals surface area contributed by atoms with Crippen LogP contribution in [-0.4, -0.2) is 32.1 Å². The molecular formula is C24H24N2O4. The summed E-state index contributed by atoms with van der Waals surface area (Å²) < 4.78 is 10.7. The van der Waals surface area contributed by atoms with Crippen LogP contribution in [-0.2, 0) is 11.2 Å². The molecular weight excluding hydrogens is 380 g/mol. The maximum absolute atomic E-state index is 12.6. The maximum atomic E-state index is 12.6. The smallest absolute Gasteiger partial charge is 0.259 e. The first-order valence-electron chi connectivity index (χ1n) is 9.63. The van der Waals surface area contributed by atoms with Crippen LogP contribution in [0.15, 0.2) is 78.9 Å². The summed E-state index contributed by atoms with van der Waals surface area (Å²) in [5.74, 6) is 0.612. The van der Waals surface area contributed by atoms with E-state index in [1.54, 1.807) is 43.5 Å². The minimum atomic E-state index is -0.295. The summed E-state index contributed by atoms with van der Waals surface area (Å²) in [6.45, 7) is 0.322. The molecule has 6 heteroatoms. The fourth-order valence-electron chi connectivity index (χ4n) is 2.83. The van der Waals surface area contributed by atoms with Crippen molar-refractivity contribution in [3.05, 3.63) is 90.0 Å². The van der Waals surface area contributed by atoms with Crippen LogP contribution in [0.4, 0.5) is 5.69 Å². The Bertz CT molecular complexity index is 972. The van der Waals surface area contributed by atoms with E-state index in [1.165, 1.54) is 0 Å². The Hall–Kier alpha value is -3.80. The lowest BCUT2D eigenvalue weighted by atomic mass is 10.1. The van der Waals surface area contributed by atoms with Gasteiger partial charge in [0.15, 0.2) is 6.61 Å². The summed E-state index contributed by atoms with van der Waals surface area (Å²) in [6.07, 6.45) is 0.700. The van der Waals surface area contributed by atoms with Gasteiger partial charge in [0.1, 0.15) is 11.5 Å². The summed E-state index contributed by atoms with van der Waals surface area (Å²) in [5, 5.41) is 5.64. The fraction of sp³-hybridized carbons (Fsp3) is 0.167. The number of nitrogens with one attached hydrogen (secondary N) is 2. The third kappa shape index (κ3) is 6.10. The third-order valence-corrected chi connectivity index (χ3v) is 4.42. The number of carbonyl (C=O) groups is 2. The van der Waals surface area contributed by atoms with Crippen molar-refractivity contribution < 1.29 is 19.1 Å². The molecule has 3 aromatic carbocycles. The van der Waals surface area contributed by atoms with Crippen LogP contribution in [0, 0.1) is 0 Å². The molecule has 2 N–H and O–H groups in total. The molecule has 0 aromatic heterocycles. The van der Waals surface area contributed by atoms with Crippen LogP contribution in [0.1, 0.15) is 15.9 Å². The lowest BCUT2D eigenvalue weighted by molar-refractivity contribution is -0.123. The fourth-order valence-corrected chi connectivity index (χ4v) is 2.83. The number of hydrogen-bond donors (Lipinski definition) is 2. The van der Waals surface area contributed by atoms with E-state index >= 15 is 0 Å². The van der Waals surface area contributed by atoms with Crippen LogP contribution in [0.3, 0.4) is 0 Å². The molecule has 0 bridgehead atoms. The van der Waals surface area contributed by atoms with Crippen LogP contribution >= 0.6 is 0 Å². The van der Waals surface area contributed by atoms with E-state index < -0.39 is 0 Å². The minimum absolute atomic E-state index is 0.168. The van der Waals surface area contributed by atoms with Gasteiger partial charge in [0.2, 0.25) is 0 Å². The van der Waals surface area contributed by atoms with Gasteiger partial charge in [-0.1, -0.05) is 42.5 Å². The first-order valence-corrected chi connectivity index (χ1v) is 9.63. The number of methoxy groups -OCH3 is 1. The van der Waals surface area contributed by atoms with Gasteiger partial charge in [-0.05, 0) is 48.4 Å². The van der Waals surface area contributed by atoms with Gasteiger partial charge >= 0.3 is 0 Å². The molecule has 6 nitrogen and oxygen atoms in total. The van der Waals surface area contributed by atoms with Gasteiger partial charge in [-0.2, -0.15) is 0 Å². The van der Waals surface area contributed by atoms with Crippen molar-refractivity contribution in [1.29, 1.82) is 0 Å². The molecule has 0 aliphatic rings. The predicted octanol–water partition coefficient (Wildman–Crippen LogP) is 3.69. The van der Waals surface area contributed by atoms with Crippen LogP contribution in [0.25, 0.3) is 0 Å². The van der Waals surface area contributed by atoms with Gasteiger partial charge in [0, 0.05) is 12.2 Å². The highest BCUT2D eigenvalue weighted by Gasteiger charge is 2.13. The SMILES string of the molecule is COc1ccc(CCNC(=O)COc2ccccc2C(=O)Nc2ccccc2)cc1. The number of hydrogen-bond acceptors (Lipinski definition) is 4. The van der Waals surface area contributed by atoms with Crippen LogP contribution in [0.5, 0.6) is 11.5 Å². The molecule has 0 fully saturated rings. The highest BCUT2D eigenvalue weighted by atomic mass is 16.5. The molecule has 30 heavy (non-hydrogen) atoms. The topological polar surface area (TPSA) is 76.7 Å². The first kappa shape index (κ1) is 20.9. The van der Waals surface area contributed by atoms with Gasteiger partial charge in [0.05, 0.1) is 12.7 Å². The van der Waals surface area contributed by atoms with E-state index in [0.29, 0.717) is 30.0 Å². The highest BCUT2D eigenvalue weighted by molar-refractivity contribution is 6.06. The molecule has 0 saturated heterocycles. The molecule has 154 valence electrons. The number of rotatable bonds is 9. The van der Waals surface area contributed by atoms with E-state index in [4.69, 9.17) is 9.47 Å². The summed E-state index contributed by atoms with van der Waals surface area (Å²) in [7, 11) is 1.62. The first-order chi connectivity index (χ1) is 14.7. The van der Waals surface area contributed by atoms with Crippen LogP contribution in [0.2, 0.25) is 0 Å². The number of anilines is 1. The number of ether oxygens (including phenoxy) is 2. The summed E-state index contributed by atoms with van der Waals surface area (Å²) >= 11 is 0. The lowest BCUT2D eigenvalue weighted by Crippen LogP contribution is -2.30. The monoisotopic (exact) mass is 404 g/mol. The quantitative estimate of drug-likeness (QED) is 0.570. The van der Waals surface area contributed by atoms with E-state index in [9.17, 15) is 9.59 Å². The van der Waals surface area contributed by atoms with Crippen molar-refractivity contribution in [2.45, 2.75) is 6.42 Å². The van der Waals surface area contributed by atoms with Crippen molar-refractivity contribution in [1.82, 2.24) is 5.32 Å². The second-order valence-electron chi connectivity index (χ2n) is 6.55. The largest absolute Gasteiger partial charge is 0.497 e. The molecule has 0 unspecified atom stereocenters. The standard InChI is InChI=1S/C24H24N2O4/c1-29-20-13-11-18(12-14-20)15-16-25-23(27)17-30-22-10-6-5-9-21(22)24(28)26-19-7-3-2-4-8-19/h2-14H,15-17H2,1H3,(H,25,27)(H,26,28). The average molecular weight is 404 g/mol. The summed E-state index contributed by atoms with van der Waals surface area (Å²) in [4.78, 5) is 24.7. The molecule has 0 heterocycles. The van der Waals surface area contributed by atoms with E-state index in [1.807, 2.05) is 42.5 Å². The van der Waals surface area contributed by atoms with Crippen LogP contribution < -0.4 is 20.1 Å². The zero-order chi connectivity index (χ0) is 21.2. The van der Waals surface area contributed by atoms with Crippen molar-refractivity contribution >= 4 is 17.5 Å². The maximum Gasteiger partial charge on any atom is 0.259 e. The molecule has 0 atom stereocenters. The molecule has 2 amide bonds. The Morgan fingerprint density at radius 1 is 0.867 bits per heavy atom. The second-order valence-corrected chi connectivity index (χ2v) is 6.55. The molecule has 0 aliphatic heterocycles. The zero-order valence-corrected chi connectivity index (χ0v) is 16.8. The van der Waals surface area contributed by atoms with Gasteiger partial charge < -0.3 is 20.1 Å². The number of para-hydroxylation sites is 2. The molecule has 0 aliphatic carbocycles. The average Bonchev–Trinajstić information content (AvgIpc) is 2.79. The normalized spacial score (nSPS) is 10.2. The van der Waals surface area contributed by atoms with Gasteiger partial charge in [0.25, 0.3) is 11.8 Å². The van der Waals surface area contributed by atoms with Crippen molar-refractivity contribution in [2.24, 2.45) is 0 Å².